The smallest absolute Gasteiger partial charge is 0.354 e. The third kappa shape index (κ3) is 3.03. The van der Waals surface area contributed by atoms with E-state index in [4.69, 9.17) is 5.11 Å². The van der Waals surface area contributed by atoms with E-state index in [-0.39, 0.29) is 11.1 Å². The molecule has 2 rings (SSSR count). The van der Waals surface area contributed by atoms with Gasteiger partial charge in [0, 0.05) is 18.8 Å². The molecule has 1 aromatic rings. The Bertz CT molecular complexity index is 494. The Hall–Kier alpha value is -1.65. The predicted molar refractivity (Wildman–Crippen MR) is 73.5 cm³/mol. The van der Waals surface area contributed by atoms with Gasteiger partial charge in [-0.25, -0.2) is 14.8 Å². The third-order valence-electron chi connectivity index (χ3n) is 3.76. The first kappa shape index (κ1) is 13.8. The molecule has 19 heavy (non-hydrogen) atoms. The van der Waals surface area contributed by atoms with Crippen LogP contribution in [0.25, 0.3) is 0 Å². The fourth-order valence-corrected chi connectivity index (χ4v) is 2.45. The Morgan fingerprint density at radius 3 is 2.63 bits per heavy atom. The van der Waals surface area contributed by atoms with Gasteiger partial charge in [0.25, 0.3) is 0 Å². The van der Waals surface area contributed by atoms with Gasteiger partial charge in [-0.05, 0) is 30.7 Å². The molecule has 1 aliphatic heterocycles. The maximum absolute atomic E-state index is 11.0. The molecular weight excluding hydrogens is 242 g/mol. The van der Waals surface area contributed by atoms with Crippen molar-refractivity contribution in [3.8, 4) is 0 Å². The number of carboxylic acids is 1. The van der Waals surface area contributed by atoms with E-state index in [9.17, 15) is 4.79 Å². The number of hydrogen-bond donors (Lipinski definition) is 1. The summed E-state index contributed by atoms with van der Waals surface area (Å²) in [5.74, 6) is 0.132. The third-order valence-corrected chi connectivity index (χ3v) is 3.76. The van der Waals surface area contributed by atoms with Gasteiger partial charge in [0.2, 0.25) is 5.95 Å². The summed E-state index contributed by atoms with van der Waals surface area (Å²) in [6, 6.07) is 1.50. The molecule has 1 saturated heterocycles. The van der Waals surface area contributed by atoms with Crippen molar-refractivity contribution in [2.24, 2.45) is 11.3 Å². The number of carboxylic acid groups (broad SMARTS) is 1. The number of anilines is 1. The molecule has 0 bridgehead atoms. The lowest BCUT2D eigenvalue weighted by Gasteiger charge is -2.27. The highest BCUT2D eigenvalue weighted by Crippen LogP contribution is 2.34. The van der Waals surface area contributed by atoms with Crippen molar-refractivity contribution in [2.75, 3.05) is 18.0 Å². The minimum absolute atomic E-state index is 0.0710. The molecule has 1 aromatic heterocycles. The second-order valence-electron chi connectivity index (χ2n) is 6.30. The number of carbonyl (C=O) groups is 1. The molecule has 5 nitrogen and oxygen atoms in total. The van der Waals surface area contributed by atoms with Gasteiger partial charge < -0.3 is 10.0 Å². The lowest BCUT2D eigenvalue weighted by molar-refractivity contribution is 0.0690. The van der Waals surface area contributed by atoms with Crippen LogP contribution in [0.1, 0.15) is 43.4 Å². The molecule has 0 amide bonds. The van der Waals surface area contributed by atoms with Crippen molar-refractivity contribution in [3.63, 3.8) is 0 Å². The molecule has 0 aliphatic carbocycles. The second kappa shape index (κ2) is 4.79. The monoisotopic (exact) mass is 263 g/mol. The van der Waals surface area contributed by atoms with Gasteiger partial charge in [0.15, 0.2) is 5.69 Å². The minimum Gasteiger partial charge on any atom is -0.477 e. The fraction of sp³-hybridized carbons (Fsp3) is 0.643. The highest BCUT2D eigenvalue weighted by molar-refractivity contribution is 5.85. The van der Waals surface area contributed by atoms with Crippen LogP contribution in [0.3, 0.4) is 0 Å². The fourth-order valence-electron chi connectivity index (χ4n) is 2.45. The van der Waals surface area contributed by atoms with Crippen molar-refractivity contribution >= 4 is 11.9 Å². The molecular formula is C14H21N3O2. The highest BCUT2D eigenvalue weighted by Gasteiger charge is 2.33. The molecule has 1 fully saturated rings. The summed E-state index contributed by atoms with van der Waals surface area (Å²) >= 11 is 0. The van der Waals surface area contributed by atoms with Crippen molar-refractivity contribution in [1.82, 2.24) is 9.97 Å². The van der Waals surface area contributed by atoms with Crippen LogP contribution in [0.2, 0.25) is 0 Å². The van der Waals surface area contributed by atoms with E-state index in [1.165, 1.54) is 6.07 Å². The van der Waals surface area contributed by atoms with Gasteiger partial charge in [-0.2, -0.15) is 0 Å². The van der Waals surface area contributed by atoms with Crippen molar-refractivity contribution in [3.05, 3.63) is 17.5 Å². The largest absolute Gasteiger partial charge is 0.477 e. The van der Waals surface area contributed by atoms with E-state index in [0.29, 0.717) is 17.6 Å². The normalized spacial score (nSPS) is 19.8. The van der Waals surface area contributed by atoms with Gasteiger partial charge >= 0.3 is 5.97 Å². The molecule has 0 aromatic carbocycles. The molecule has 1 N–H and O–H groups in total. The summed E-state index contributed by atoms with van der Waals surface area (Å²) in [7, 11) is 0. The standard InChI is InChI=1S/C14H21N3O2/c1-9-7-11(12(18)19)16-13(15-9)17-6-5-10(8-17)14(2,3)4/h7,10H,5-6,8H2,1-4H3,(H,18,19). The molecule has 1 unspecified atom stereocenters. The maximum Gasteiger partial charge on any atom is 0.354 e. The number of hydrogen-bond acceptors (Lipinski definition) is 4. The molecule has 1 atom stereocenters. The summed E-state index contributed by atoms with van der Waals surface area (Å²) in [5.41, 5.74) is 1.03. The van der Waals surface area contributed by atoms with Gasteiger partial charge in [-0.15, -0.1) is 0 Å². The second-order valence-corrected chi connectivity index (χ2v) is 6.30. The average Bonchev–Trinajstić information content (AvgIpc) is 2.76. The number of aryl methyl sites for hydroxylation is 1. The van der Waals surface area contributed by atoms with Crippen LogP contribution in [0.15, 0.2) is 6.07 Å². The van der Waals surface area contributed by atoms with Crippen molar-refractivity contribution in [1.29, 1.82) is 0 Å². The van der Waals surface area contributed by atoms with E-state index in [1.807, 2.05) is 0 Å². The molecule has 0 radical (unpaired) electrons. The Morgan fingerprint density at radius 2 is 2.11 bits per heavy atom. The lowest BCUT2D eigenvalue weighted by atomic mass is 9.80. The van der Waals surface area contributed by atoms with E-state index in [2.05, 4.69) is 35.6 Å². The Morgan fingerprint density at radius 1 is 1.42 bits per heavy atom. The van der Waals surface area contributed by atoms with E-state index in [1.54, 1.807) is 6.92 Å². The maximum atomic E-state index is 11.0. The van der Waals surface area contributed by atoms with Crippen LogP contribution in [0.4, 0.5) is 5.95 Å². The molecule has 0 saturated carbocycles. The van der Waals surface area contributed by atoms with Gasteiger partial charge in [-0.1, -0.05) is 20.8 Å². The number of nitrogens with zero attached hydrogens (tertiary/aromatic N) is 3. The lowest BCUT2D eigenvalue weighted by Crippen LogP contribution is -2.27. The van der Waals surface area contributed by atoms with Crippen LogP contribution in [-0.4, -0.2) is 34.1 Å². The first-order valence-corrected chi connectivity index (χ1v) is 6.61. The first-order valence-electron chi connectivity index (χ1n) is 6.61. The predicted octanol–water partition coefficient (Wildman–Crippen LogP) is 2.36. The van der Waals surface area contributed by atoms with Gasteiger partial charge in [0.1, 0.15) is 0 Å². The van der Waals surface area contributed by atoms with Crippen LogP contribution in [0.5, 0.6) is 0 Å². The summed E-state index contributed by atoms with van der Waals surface area (Å²) in [5, 5.41) is 9.05. The number of aromatic carboxylic acids is 1. The Balaban J connectivity index is 2.22. The Labute approximate surface area is 113 Å². The Kier molecular flexibility index (Phi) is 3.47. The summed E-state index contributed by atoms with van der Waals surface area (Å²) in [6.07, 6.45) is 1.10. The summed E-state index contributed by atoms with van der Waals surface area (Å²) in [6.45, 7) is 10.3. The van der Waals surface area contributed by atoms with Gasteiger partial charge in [0.05, 0.1) is 0 Å². The quantitative estimate of drug-likeness (QED) is 0.887. The van der Waals surface area contributed by atoms with Crippen LogP contribution < -0.4 is 4.90 Å². The van der Waals surface area contributed by atoms with E-state index in [0.717, 1.165) is 19.5 Å². The van der Waals surface area contributed by atoms with Crippen LogP contribution in [0, 0.1) is 18.3 Å². The average molecular weight is 263 g/mol. The van der Waals surface area contributed by atoms with Gasteiger partial charge in [-0.3, -0.25) is 0 Å². The minimum atomic E-state index is -1.00. The van der Waals surface area contributed by atoms with E-state index < -0.39 is 5.97 Å². The zero-order valence-corrected chi connectivity index (χ0v) is 12.0. The number of aromatic nitrogens is 2. The highest BCUT2D eigenvalue weighted by atomic mass is 16.4. The topological polar surface area (TPSA) is 66.3 Å². The van der Waals surface area contributed by atoms with Crippen molar-refractivity contribution < 1.29 is 9.90 Å². The zero-order chi connectivity index (χ0) is 14.2. The first-order chi connectivity index (χ1) is 8.77. The molecule has 1 aliphatic rings. The van der Waals surface area contributed by atoms with Crippen LogP contribution in [-0.2, 0) is 0 Å². The SMILES string of the molecule is Cc1cc(C(=O)O)nc(N2CCC(C(C)(C)C)C2)n1. The zero-order valence-electron chi connectivity index (χ0n) is 12.0. The molecule has 104 valence electrons. The molecule has 5 heteroatoms. The molecule has 2 heterocycles. The number of rotatable bonds is 2. The van der Waals surface area contributed by atoms with Crippen molar-refractivity contribution in [2.45, 2.75) is 34.1 Å². The van der Waals surface area contributed by atoms with Crippen LogP contribution >= 0.6 is 0 Å². The van der Waals surface area contributed by atoms with E-state index >= 15 is 0 Å². The summed E-state index contributed by atoms with van der Waals surface area (Å²) in [4.78, 5) is 21.6. The summed E-state index contributed by atoms with van der Waals surface area (Å²) < 4.78 is 0. The molecule has 0 spiro atoms.